The molecule has 1 aliphatic heterocycles. The number of ether oxygens (including phenoxy) is 1. The van der Waals surface area contributed by atoms with Gasteiger partial charge >= 0.3 is 6.09 Å². The van der Waals surface area contributed by atoms with E-state index < -0.39 is 5.60 Å². The Morgan fingerprint density at radius 1 is 1.36 bits per heavy atom. The summed E-state index contributed by atoms with van der Waals surface area (Å²) < 4.78 is 6.65. The lowest BCUT2D eigenvalue weighted by Gasteiger charge is -2.31. The largest absolute Gasteiger partial charge is 0.443 e. The third-order valence-electron chi connectivity index (χ3n) is 3.82. The Hall–Kier alpha value is -1.07. The molecule has 0 saturated carbocycles. The maximum atomic E-state index is 12.7. The molecule has 2 rings (SSSR count). The maximum Gasteiger partial charge on any atom is 0.414 e. The van der Waals surface area contributed by atoms with Crippen LogP contribution in [0.1, 0.15) is 32.8 Å². The van der Waals surface area contributed by atoms with Gasteiger partial charge in [0, 0.05) is 17.1 Å². The number of carbonyl (C=O) groups excluding carboxylic acids is 1. The number of nitrogens with zero attached hydrogens (tertiary/aromatic N) is 2. The molecule has 0 spiro atoms. The number of amides is 1. The zero-order valence-electron chi connectivity index (χ0n) is 14.0. The molecule has 5 heteroatoms. The van der Waals surface area contributed by atoms with Crippen LogP contribution in [-0.2, 0) is 11.2 Å². The van der Waals surface area contributed by atoms with Crippen LogP contribution in [0, 0.1) is 0 Å². The van der Waals surface area contributed by atoms with Gasteiger partial charge in [-0.1, -0.05) is 15.9 Å². The molecule has 22 heavy (non-hydrogen) atoms. The summed E-state index contributed by atoms with van der Waals surface area (Å²) in [5.74, 6) is 0. The molecule has 1 aliphatic rings. The SMILES string of the molecule is CN(C)C1CCc2cc(Br)ccc2N(C(=O)OC(C)(C)C)C1. The number of rotatable bonds is 1. The average Bonchev–Trinajstić information content (AvgIpc) is 2.55. The van der Waals surface area contributed by atoms with Crippen LogP contribution in [0.3, 0.4) is 0 Å². The van der Waals surface area contributed by atoms with Gasteiger partial charge in [-0.05, 0) is 71.5 Å². The van der Waals surface area contributed by atoms with Gasteiger partial charge in [-0.15, -0.1) is 0 Å². The average molecular weight is 369 g/mol. The van der Waals surface area contributed by atoms with Gasteiger partial charge < -0.3 is 9.64 Å². The highest BCUT2D eigenvalue weighted by Crippen LogP contribution is 2.31. The number of likely N-dealkylation sites (N-methyl/N-ethyl adjacent to an activating group) is 1. The smallest absolute Gasteiger partial charge is 0.414 e. The van der Waals surface area contributed by atoms with E-state index in [1.807, 2.05) is 32.9 Å². The Morgan fingerprint density at radius 3 is 2.64 bits per heavy atom. The highest BCUT2D eigenvalue weighted by Gasteiger charge is 2.30. The standard InChI is InChI=1S/C17H25BrN2O2/c1-17(2,3)22-16(21)20-11-14(19(4)5)8-6-12-10-13(18)7-9-15(12)20/h7,9-10,14H,6,8,11H2,1-5H3. The van der Waals surface area contributed by atoms with Crippen molar-refractivity contribution >= 4 is 27.7 Å². The Balaban J connectivity index is 2.36. The van der Waals surface area contributed by atoms with Gasteiger partial charge in [-0.25, -0.2) is 4.79 Å². The van der Waals surface area contributed by atoms with E-state index in [4.69, 9.17) is 4.74 Å². The predicted octanol–water partition coefficient (Wildman–Crippen LogP) is 4.07. The number of benzene rings is 1. The van der Waals surface area contributed by atoms with Gasteiger partial charge in [-0.2, -0.15) is 0 Å². The summed E-state index contributed by atoms with van der Waals surface area (Å²) in [5, 5.41) is 0. The minimum absolute atomic E-state index is 0.273. The maximum absolute atomic E-state index is 12.7. The summed E-state index contributed by atoms with van der Waals surface area (Å²) in [4.78, 5) is 16.6. The Kier molecular flexibility index (Phi) is 5.17. The first-order valence-electron chi connectivity index (χ1n) is 7.63. The Labute approximate surface area is 141 Å². The van der Waals surface area contributed by atoms with Crippen LogP contribution in [-0.4, -0.2) is 43.3 Å². The number of carbonyl (C=O) groups is 1. The Morgan fingerprint density at radius 2 is 2.05 bits per heavy atom. The molecular formula is C17H25BrN2O2. The van der Waals surface area contributed by atoms with Crippen LogP contribution >= 0.6 is 15.9 Å². The number of hydrogen-bond acceptors (Lipinski definition) is 3. The quantitative estimate of drug-likeness (QED) is 0.748. The molecule has 0 saturated heterocycles. The van der Waals surface area contributed by atoms with E-state index in [2.05, 4.69) is 41.0 Å². The molecule has 1 atom stereocenters. The summed E-state index contributed by atoms with van der Waals surface area (Å²) in [5.41, 5.74) is 1.65. The van der Waals surface area contributed by atoms with Crippen molar-refractivity contribution in [2.75, 3.05) is 25.5 Å². The highest BCUT2D eigenvalue weighted by molar-refractivity contribution is 9.10. The molecule has 0 N–H and O–H groups in total. The summed E-state index contributed by atoms with van der Waals surface area (Å²) in [6, 6.07) is 6.40. The number of anilines is 1. The molecule has 122 valence electrons. The zero-order chi connectivity index (χ0) is 16.5. The van der Waals surface area contributed by atoms with Crippen LogP contribution in [0.4, 0.5) is 10.5 Å². The summed E-state index contributed by atoms with van der Waals surface area (Å²) in [6.45, 7) is 6.34. The van der Waals surface area contributed by atoms with Crippen molar-refractivity contribution in [2.24, 2.45) is 0 Å². The molecule has 1 heterocycles. The van der Waals surface area contributed by atoms with E-state index in [-0.39, 0.29) is 6.09 Å². The first kappa shape index (κ1) is 17.3. The monoisotopic (exact) mass is 368 g/mol. The van der Waals surface area contributed by atoms with Crippen LogP contribution in [0.2, 0.25) is 0 Å². The predicted molar refractivity (Wildman–Crippen MR) is 93.5 cm³/mol. The second kappa shape index (κ2) is 6.59. The molecule has 1 aromatic rings. The fraction of sp³-hybridized carbons (Fsp3) is 0.588. The van der Waals surface area contributed by atoms with E-state index in [0.717, 1.165) is 23.0 Å². The molecule has 4 nitrogen and oxygen atoms in total. The molecule has 0 aliphatic carbocycles. The van der Waals surface area contributed by atoms with Crippen LogP contribution < -0.4 is 4.90 Å². The van der Waals surface area contributed by atoms with E-state index in [9.17, 15) is 4.79 Å². The molecule has 0 fully saturated rings. The van der Waals surface area contributed by atoms with Crippen molar-refractivity contribution in [2.45, 2.75) is 45.3 Å². The first-order chi connectivity index (χ1) is 10.2. The van der Waals surface area contributed by atoms with E-state index in [1.165, 1.54) is 5.56 Å². The topological polar surface area (TPSA) is 32.8 Å². The van der Waals surface area contributed by atoms with Crippen molar-refractivity contribution in [1.29, 1.82) is 0 Å². The lowest BCUT2D eigenvalue weighted by Crippen LogP contribution is -2.44. The second-order valence-electron chi connectivity index (χ2n) is 7.02. The first-order valence-corrected chi connectivity index (χ1v) is 8.42. The van der Waals surface area contributed by atoms with E-state index in [1.54, 1.807) is 4.90 Å². The van der Waals surface area contributed by atoms with Gasteiger partial charge in [0.15, 0.2) is 0 Å². The van der Waals surface area contributed by atoms with E-state index in [0.29, 0.717) is 12.6 Å². The van der Waals surface area contributed by atoms with Crippen molar-refractivity contribution in [3.8, 4) is 0 Å². The Bertz CT molecular complexity index is 552. The summed E-state index contributed by atoms with van der Waals surface area (Å²) in [7, 11) is 4.12. The highest BCUT2D eigenvalue weighted by atomic mass is 79.9. The van der Waals surface area contributed by atoms with Crippen LogP contribution in [0.25, 0.3) is 0 Å². The van der Waals surface area contributed by atoms with Crippen LogP contribution in [0.15, 0.2) is 22.7 Å². The normalized spacial score (nSPS) is 18.9. The van der Waals surface area contributed by atoms with Crippen molar-refractivity contribution in [3.05, 3.63) is 28.2 Å². The number of fused-ring (bicyclic) bond motifs is 1. The number of hydrogen-bond donors (Lipinski definition) is 0. The molecule has 0 bridgehead atoms. The second-order valence-corrected chi connectivity index (χ2v) is 7.94. The molecule has 1 unspecified atom stereocenters. The summed E-state index contributed by atoms with van der Waals surface area (Å²) in [6.07, 6.45) is 1.71. The fourth-order valence-electron chi connectivity index (χ4n) is 2.65. The van der Waals surface area contributed by atoms with Crippen molar-refractivity contribution in [1.82, 2.24) is 4.90 Å². The van der Waals surface area contributed by atoms with E-state index >= 15 is 0 Å². The van der Waals surface area contributed by atoms with Gasteiger partial charge in [0.2, 0.25) is 0 Å². The van der Waals surface area contributed by atoms with Gasteiger partial charge in [0.05, 0.1) is 5.69 Å². The fourth-order valence-corrected chi connectivity index (χ4v) is 3.06. The molecule has 1 aromatic carbocycles. The van der Waals surface area contributed by atoms with Crippen molar-refractivity contribution in [3.63, 3.8) is 0 Å². The minimum Gasteiger partial charge on any atom is -0.443 e. The summed E-state index contributed by atoms with van der Waals surface area (Å²) >= 11 is 3.52. The van der Waals surface area contributed by atoms with Gasteiger partial charge in [0.1, 0.15) is 5.60 Å². The van der Waals surface area contributed by atoms with Crippen LogP contribution in [0.5, 0.6) is 0 Å². The number of halogens is 1. The molecule has 1 amide bonds. The minimum atomic E-state index is -0.494. The molecular weight excluding hydrogens is 344 g/mol. The lowest BCUT2D eigenvalue weighted by molar-refractivity contribution is 0.0572. The zero-order valence-corrected chi connectivity index (χ0v) is 15.6. The third kappa shape index (κ3) is 4.23. The third-order valence-corrected chi connectivity index (χ3v) is 4.31. The van der Waals surface area contributed by atoms with Crippen molar-refractivity contribution < 1.29 is 9.53 Å². The lowest BCUT2D eigenvalue weighted by atomic mass is 10.1. The molecule has 0 aromatic heterocycles. The molecule has 0 radical (unpaired) electrons. The van der Waals surface area contributed by atoms with Gasteiger partial charge in [-0.3, -0.25) is 4.90 Å². The van der Waals surface area contributed by atoms with Gasteiger partial charge in [0.25, 0.3) is 0 Å². The number of aryl methyl sites for hydroxylation is 1.